The van der Waals surface area contributed by atoms with Gasteiger partial charge in [0.05, 0.1) is 0 Å². The highest BCUT2D eigenvalue weighted by Crippen LogP contribution is 2.23. The lowest BCUT2D eigenvalue weighted by Crippen LogP contribution is -2.50. The van der Waals surface area contributed by atoms with Gasteiger partial charge in [-0.1, -0.05) is 19.3 Å². The van der Waals surface area contributed by atoms with E-state index in [2.05, 4.69) is 24.1 Å². The van der Waals surface area contributed by atoms with E-state index in [1.165, 1.54) is 58.0 Å². The largest absolute Gasteiger partial charge is 0.313 e. The number of piperidine rings is 1. The van der Waals surface area contributed by atoms with Gasteiger partial charge in [0, 0.05) is 24.7 Å². The van der Waals surface area contributed by atoms with Crippen LogP contribution in [-0.2, 0) is 0 Å². The van der Waals surface area contributed by atoms with Crippen LogP contribution in [0.1, 0.15) is 58.8 Å². The molecule has 2 aliphatic rings. The van der Waals surface area contributed by atoms with Gasteiger partial charge in [-0.25, -0.2) is 0 Å². The van der Waals surface area contributed by atoms with Crippen LogP contribution >= 0.6 is 0 Å². The molecule has 1 N–H and O–H groups in total. The first-order chi connectivity index (χ1) is 7.77. The maximum absolute atomic E-state index is 3.73. The Bertz CT molecular complexity index is 187. The average molecular weight is 224 g/mol. The third-order valence-corrected chi connectivity index (χ3v) is 4.47. The Balaban J connectivity index is 1.85. The number of hydrogen-bond acceptors (Lipinski definition) is 2. The van der Waals surface area contributed by atoms with E-state index in [0.29, 0.717) is 0 Å². The van der Waals surface area contributed by atoms with Crippen molar-refractivity contribution in [2.45, 2.75) is 76.9 Å². The monoisotopic (exact) mass is 224 g/mol. The number of likely N-dealkylation sites (tertiary alicyclic amines) is 1. The summed E-state index contributed by atoms with van der Waals surface area (Å²) < 4.78 is 0. The fourth-order valence-corrected chi connectivity index (χ4v) is 3.35. The molecule has 2 fully saturated rings. The minimum atomic E-state index is 0.755. The molecule has 0 spiro atoms. The Hall–Kier alpha value is -0.0800. The van der Waals surface area contributed by atoms with Gasteiger partial charge >= 0.3 is 0 Å². The smallest absolute Gasteiger partial charge is 0.0195 e. The lowest BCUT2D eigenvalue weighted by atomic mass is 9.96. The molecule has 2 saturated heterocycles. The summed E-state index contributed by atoms with van der Waals surface area (Å²) in [4.78, 5) is 2.74. The van der Waals surface area contributed by atoms with E-state index >= 15 is 0 Å². The molecule has 94 valence electrons. The molecule has 2 aliphatic heterocycles. The standard InChI is InChI=1S/C14H28N2/c1-12-7-6-8-13(2)16(12)11-14-9-4-3-5-10-15-14/h12-15H,3-11H2,1-2H3/t12-,13+,14-/m1/s1. The average Bonchev–Trinajstić information content (AvgIpc) is 2.52. The topological polar surface area (TPSA) is 15.3 Å². The number of hydrogen-bond donors (Lipinski definition) is 1. The first-order valence-electron chi connectivity index (χ1n) is 7.26. The predicted octanol–water partition coefficient (Wildman–Crippen LogP) is 2.78. The molecule has 0 aromatic carbocycles. The van der Waals surface area contributed by atoms with Crippen molar-refractivity contribution in [2.75, 3.05) is 13.1 Å². The van der Waals surface area contributed by atoms with Crippen LogP contribution in [0.5, 0.6) is 0 Å². The minimum Gasteiger partial charge on any atom is -0.313 e. The van der Waals surface area contributed by atoms with Gasteiger partial charge in [-0.15, -0.1) is 0 Å². The molecule has 0 unspecified atom stereocenters. The summed E-state index contributed by atoms with van der Waals surface area (Å²) in [6.07, 6.45) is 9.84. The third kappa shape index (κ3) is 3.21. The molecule has 0 bridgehead atoms. The van der Waals surface area contributed by atoms with Crippen LogP contribution in [0.2, 0.25) is 0 Å². The van der Waals surface area contributed by atoms with Crippen molar-refractivity contribution in [1.82, 2.24) is 10.2 Å². The molecule has 0 aliphatic carbocycles. The third-order valence-electron chi connectivity index (χ3n) is 4.47. The molecule has 0 saturated carbocycles. The molecule has 0 amide bonds. The van der Waals surface area contributed by atoms with Crippen molar-refractivity contribution >= 4 is 0 Å². The Morgan fingerprint density at radius 3 is 2.44 bits per heavy atom. The number of rotatable bonds is 2. The zero-order valence-electron chi connectivity index (χ0n) is 11.0. The molecule has 0 aromatic heterocycles. The molecular formula is C14H28N2. The van der Waals surface area contributed by atoms with Crippen molar-refractivity contribution in [3.05, 3.63) is 0 Å². The van der Waals surface area contributed by atoms with Gasteiger partial charge in [0.2, 0.25) is 0 Å². The maximum Gasteiger partial charge on any atom is 0.0195 e. The van der Waals surface area contributed by atoms with E-state index in [-0.39, 0.29) is 0 Å². The summed E-state index contributed by atoms with van der Waals surface area (Å²) in [6.45, 7) is 7.34. The van der Waals surface area contributed by atoms with Crippen molar-refractivity contribution < 1.29 is 0 Å². The Morgan fingerprint density at radius 2 is 1.69 bits per heavy atom. The lowest BCUT2D eigenvalue weighted by molar-refractivity contribution is 0.0902. The summed E-state index contributed by atoms with van der Waals surface area (Å²) >= 11 is 0. The van der Waals surface area contributed by atoms with Crippen LogP contribution in [0.4, 0.5) is 0 Å². The van der Waals surface area contributed by atoms with E-state index in [1.54, 1.807) is 0 Å². The highest BCUT2D eigenvalue weighted by molar-refractivity contribution is 4.84. The van der Waals surface area contributed by atoms with Crippen LogP contribution in [0.25, 0.3) is 0 Å². The van der Waals surface area contributed by atoms with E-state index < -0.39 is 0 Å². The fourth-order valence-electron chi connectivity index (χ4n) is 3.35. The second kappa shape index (κ2) is 6.02. The van der Waals surface area contributed by atoms with Crippen molar-refractivity contribution in [3.63, 3.8) is 0 Å². The predicted molar refractivity (Wildman–Crippen MR) is 69.7 cm³/mol. The lowest BCUT2D eigenvalue weighted by Gasteiger charge is -2.41. The van der Waals surface area contributed by atoms with Gasteiger partial charge in [0.15, 0.2) is 0 Å². The number of nitrogens with zero attached hydrogens (tertiary/aromatic N) is 1. The first-order valence-corrected chi connectivity index (χ1v) is 7.26. The van der Waals surface area contributed by atoms with Crippen LogP contribution in [0.15, 0.2) is 0 Å². The molecule has 2 heteroatoms. The molecule has 0 aromatic rings. The summed E-state index contributed by atoms with van der Waals surface area (Å²) in [6, 6.07) is 2.35. The van der Waals surface area contributed by atoms with E-state index in [1.807, 2.05) is 0 Å². The van der Waals surface area contributed by atoms with Crippen molar-refractivity contribution in [3.8, 4) is 0 Å². The second-order valence-corrected chi connectivity index (χ2v) is 5.83. The molecular weight excluding hydrogens is 196 g/mol. The van der Waals surface area contributed by atoms with Gasteiger partial charge in [-0.05, 0) is 46.1 Å². The quantitative estimate of drug-likeness (QED) is 0.776. The molecule has 0 radical (unpaired) electrons. The minimum absolute atomic E-state index is 0.755. The van der Waals surface area contributed by atoms with Crippen molar-refractivity contribution in [2.24, 2.45) is 0 Å². The summed E-state index contributed by atoms with van der Waals surface area (Å²) in [5.74, 6) is 0. The number of nitrogens with one attached hydrogen (secondary N) is 1. The zero-order valence-corrected chi connectivity index (χ0v) is 11.0. The molecule has 2 heterocycles. The maximum atomic E-state index is 3.73. The van der Waals surface area contributed by atoms with E-state index in [4.69, 9.17) is 0 Å². The first kappa shape index (κ1) is 12.4. The van der Waals surface area contributed by atoms with Gasteiger partial charge in [0.1, 0.15) is 0 Å². The van der Waals surface area contributed by atoms with Gasteiger partial charge in [-0.2, -0.15) is 0 Å². The van der Waals surface area contributed by atoms with Crippen LogP contribution < -0.4 is 5.32 Å². The highest BCUT2D eigenvalue weighted by Gasteiger charge is 2.26. The van der Waals surface area contributed by atoms with Crippen LogP contribution in [-0.4, -0.2) is 36.1 Å². The summed E-state index contributed by atoms with van der Waals surface area (Å²) in [5, 5.41) is 3.73. The van der Waals surface area contributed by atoms with Crippen LogP contribution in [0, 0.1) is 0 Å². The van der Waals surface area contributed by atoms with Crippen LogP contribution in [0.3, 0.4) is 0 Å². The normalized spacial score (nSPS) is 38.2. The van der Waals surface area contributed by atoms with Crippen molar-refractivity contribution in [1.29, 1.82) is 0 Å². The fraction of sp³-hybridized carbons (Fsp3) is 1.00. The van der Waals surface area contributed by atoms with Gasteiger partial charge < -0.3 is 5.32 Å². The van der Waals surface area contributed by atoms with Gasteiger partial charge in [-0.3, -0.25) is 4.90 Å². The SMILES string of the molecule is C[C@@H]1CCC[C@H](C)N1C[C@H]1CCCCCN1. The van der Waals surface area contributed by atoms with Gasteiger partial charge in [0.25, 0.3) is 0 Å². The summed E-state index contributed by atoms with van der Waals surface area (Å²) in [5.41, 5.74) is 0. The Kier molecular flexibility index (Phi) is 4.66. The molecule has 2 rings (SSSR count). The highest BCUT2D eigenvalue weighted by atomic mass is 15.2. The van der Waals surface area contributed by atoms with E-state index in [9.17, 15) is 0 Å². The summed E-state index contributed by atoms with van der Waals surface area (Å²) in [7, 11) is 0. The Morgan fingerprint density at radius 1 is 0.938 bits per heavy atom. The molecule has 2 nitrogen and oxygen atoms in total. The van der Waals surface area contributed by atoms with E-state index in [0.717, 1.165) is 18.1 Å². The Labute approximate surface area is 101 Å². The molecule has 16 heavy (non-hydrogen) atoms. The molecule has 3 atom stereocenters. The second-order valence-electron chi connectivity index (χ2n) is 5.83. The zero-order chi connectivity index (χ0) is 11.4.